The van der Waals surface area contributed by atoms with E-state index < -0.39 is 5.97 Å². The van der Waals surface area contributed by atoms with Crippen molar-refractivity contribution < 1.29 is 19.1 Å². The van der Waals surface area contributed by atoms with E-state index in [2.05, 4.69) is 4.98 Å². The van der Waals surface area contributed by atoms with Crippen LogP contribution in [0.2, 0.25) is 0 Å². The maximum absolute atomic E-state index is 10.8. The van der Waals surface area contributed by atoms with Crippen molar-refractivity contribution in [2.45, 2.75) is 25.4 Å². The Balaban J connectivity index is 1.74. The summed E-state index contributed by atoms with van der Waals surface area (Å²) >= 11 is 1.55. The monoisotopic (exact) mass is 279 g/mol. The molecule has 0 aliphatic carbocycles. The van der Waals surface area contributed by atoms with Crippen LogP contribution in [0.3, 0.4) is 0 Å². The third kappa shape index (κ3) is 2.69. The Kier molecular flexibility index (Phi) is 3.35. The highest BCUT2D eigenvalue weighted by Gasteiger charge is 2.18. The molecule has 1 fully saturated rings. The van der Waals surface area contributed by atoms with Crippen LogP contribution in [0.5, 0.6) is 0 Å². The molecule has 19 heavy (non-hydrogen) atoms. The van der Waals surface area contributed by atoms with Gasteiger partial charge >= 0.3 is 5.97 Å². The minimum Gasteiger partial charge on any atom is -0.478 e. The number of rotatable bonds is 4. The number of carboxylic acids is 1. The Hall–Kier alpha value is -1.66. The van der Waals surface area contributed by atoms with Crippen molar-refractivity contribution in [3.8, 4) is 11.5 Å². The van der Waals surface area contributed by atoms with Gasteiger partial charge in [0.25, 0.3) is 0 Å². The maximum Gasteiger partial charge on any atom is 0.338 e. The zero-order chi connectivity index (χ0) is 13.2. The van der Waals surface area contributed by atoms with Gasteiger partial charge in [0, 0.05) is 24.5 Å². The molecule has 1 unspecified atom stereocenters. The van der Waals surface area contributed by atoms with Gasteiger partial charge in [0.2, 0.25) is 0 Å². The first-order chi connectivity index (χ1) is 9.22. The van der Waals surface area contributed by atoms with Crippen molar-refractivity contribution in [1.29, 1.82) is 0 Å². The summed E-state index contributed by atoms with van der Waals surface area (Å²) in [6.07, 6.45) is 4.51. The van der Waals surface area contributed by atoms with E-state index in [1.807, 2.05) is 5.38 Å². The highest BCUT2D eigenvalue weighted by molar-refractivity contribution is 7.09. The molecule has 1 aliphatic heterocycles. The topological polar surface area (TPSA) is 72.6 Å². The van der Waals surface area contributed by atoms with Crippen LogP contribution in [0.4, 0.5) is 0 Å². The molecule has 3 heterocycles. The molecule has 100 valence electrons. The van der Waals surface area contributed by atoms with E-state index in [4.69, 9.17) is 14.3 Å². The summed E-state index contributed by atoms with van der Waals surface area (Å²) in [5.41, 5.74) is 0.828. The van der Waals surface area contributed by atoms with E-state index in [0.717, 1.165) is 30.9 Å². The molecule has 0 radical (unpaired) electrons. The molecule has 3 rings (SSSR count). The Bertz CT molecular complexity index is 583. The summed E-state index contributed by atoms with van der Waals surface area (Å²) in [5.74, 6) is -0.503. The first kappa shape index (κ1) is 12.4. The summed E-state index contributed by atoms with van der Waals surface area (Å²) in [6.45, 7) is 0.836. The van der Waals surface area contributed by atoms with Gasteiger partial charge < -0.3 is 14.3 Å². The van der Waals surface area contributed by atoms with Gasteiger partial charge in [-0.15, -0.1) is 11.3 Å². The zero-order valence-electron chi connectivity index (χ0n) is 10.2. The molecule has 0 spiro atoms. The van der Waals surface area contributed by atoms with Gasteiger partial charge in [-0.25, -0.2) is 9.78 Å². The molecule has 0 bridgehead atoms. The van der Waals surface area contributed by atoms with Gasteiger partial charge in [-0.3, -0.25) is 0 Å². The zero-order valence-corrected chi connectivity index (χ0v) is 11.0. The molecule has 0 aromatic carbocycles. The Morgan fingerprint density at radius 1 is 1.58 bits per heavy atom. The van der Waals surface area contributed by atoms with Gasteiger partial charge in [0.15, 0.2) is 5.76 Å². The van der Waals surface area contributed by atoms with Crippen LogP contribution in [0, 0.1) is 0 Å². The van der Waals surface area contributed by atoms with Crippen LogP contribution < -0.4 is 0 Å². The Morgan fingerprint density at radius 3 is 3.16 bits per heavy atom. The van der Waals surface area contributed by atoms with Crippen molar-refractivity contribution in [2.24, 2.45) is 0 Å². The Morgan fingerprint density at radius 2 is 2.47 bits per heavy atom. The Labute approximate surface area is 113 Å². The lowest BCUT2D eigenvalue weighted by Crippen LogP contribution is -2.08. The summed E-state index contributed by atoms with van der Waals surface area (Å²) in [7, 11) is 0. The van der Waals surface area contributed by atoms with E-state index in [0.29, 0.717) is 11.5 Å². The predicted octanol–water partition coefficient (Wildman–Crippen LogP) is 2.82. The number of carbonyl (C=O) groups is 1. The SMILES string of the molecule is O=C(O)c1coc(-c2csc(CC3CCCO3)n2)c1. The van der Waals surface area contributed by atoms with Gasteiger partial charge in [-0.05, 0) is 12.8 Å². The lowest BCUT2D eigenvalue weighted by molar-refractivity contribution is 0.0696. The van der Waals surface area contributed by atoms with Crippen LogP contribution >= 0.6 is 11.3 Å². The molecule has 1 N–H and O–H groups in total. The molecule has 2 aromatic heterocycles. The third-order valence-corrected chi connectivity index (χ3v) is 3.95. The number of hydrogen-bond donors (Lipinski definition) is 1. The number of aromatic nitrogens is 1. The van der Waals surface area contributed by atoms with Crippen molar-refractivity contribution in [3.63, 3.8) is 0 Å². The van der Waals surface area contributed by atoms with Crippen LogP contribution in [-0.4, -0.2) is 28.8 Å². The van der Waals surface area contributed by atoms with E-state index in [-0.39, 0.29) is 11.7 Å². The van der Waals surface area contributed by atoms with Crippen molar-refractivity contribution >= 4 is 17.3 Å². The van der Waals surface area contributed by atoms with Crippen molar-refractivity contribution in [1.82, 2.24) is 4.98 Å². The summed E-state index contributed by atoms with van der Waals surface area (Å²) in [4.78, 5) is 15.3. The number of furan rings is 1. The van der Waals surface area contributed by atoms with Gasteiger partial charge in [0.1, 0.15) is 12.0 Å². The molecule has 0 saturated carbocycles. The fourth-order valence-corrected chi connectivity index (χ4v) is 2.95. The highest BCUT2D eigenvalue weighted by Crippen LogP contribution is 2.26. The normalized spacial score (nSPS) is 18.8. The number of thiazole rings is 1. The van der Waals surface area contributed by atoms with Crippen molar-refractivity contribution in [3.05, 3.63) is 28.3 Å². The van der Waals surface area contributed by atoms with Crippen molar-refractivity contribution in [2.75, 3.05) is 6.61 Å². The standard InChI is InChI=1S/C13H13NO4S/c15-13(16)8-4-11(18-6-8)10-7-19-12(14-10)5-9-2-1-3-17-9/h4,6-7,9H,1-3,5H2,(H,15,16). The number of ether oxygens (including phenoxy) is 1. The number of carboxylic acid groups (broad SMARTS) is 1. The van der Waals surface area contributed by atoms with Crippen LogP contribution in [0.25, 0.3) is 11.5 Å². The maximum atomic E-state index is 10.8. The van der Waals surface area contributed by atoms with E-state index in [9.17, 15) is 4.79 Å². The second-order valence-electron chi connectivity index (χ2n) is 4.47. The quantitative estimate of drug-likeness (QED) is 0.931. The average Bonchev–Trinajstić information content (AvgIpc) is 3.09. The molecule has 2 aromatic rings. The lowest BCUT2D eigenvalue weighted by Gasteiger charge is -2.05. The van der Waals surface area contributed by atoms with Gasteiger partial charge in [-0.2, -0.15) is 0 Å². The highest BCUT2D eigenvalue weighted by atomic mass is 32.1. The molecule has 6 heteroatoms. The summed E-state index contributed by atoms with van der Waals surface area (Å²) in [5, 5.41) is 11.7. The predicted molar refractivity (Wildman–Crippen MR) is 69.5 cm³/mol. The lowest BCUT2D eigenvalue weighted by atomic mass is 10.2. The van der Waals surface area contributed by atoms with E-state index in [1.54, 1.807) is 11.3 Å². The number of hydrogen-bond acceptors (Lipinski definition) is 5. The summed E-state index contributed by atoms with van der Waals surface area (Å²) in [6, 6.07) is 1.49. The smallest absolute Gasteiger partial charge is 0.338 e. The minimum atomic E-state index is -0.996. The minimum absolute atomic E-state index is 0.142. The van der Waals surface area contributed by atoms with Crippen LogP contribution in [-0.2, 0) is 11.2 Å². The average molecular weight is 279 g/mol. The third-order valence-electron chi connectivity index (χ3n) is 3.08. The number of nitrogens with zero attached hydrogens (tertiary/aromatic N) is 1. The second kappa shape index (κ2) is 5.14. The molecule has 5 nitrogen and oxygen atoms in total. The molecule has 0 amide bonds. The number of aromatic carboxylic acids is 1. The largest absolute Gasteiger partial charge is 0.478 e. The van der Waals surface area contributed by atoms with Crippen LogP contribution in [0.15, 0.2) is 22.1 Å². The van der Waals surface area contributed by atoms with E-state index in [1.165, 1.54) is 12.3 Å². The molecular weight excluding hydrogens is 266 g/mol. The molecular formula is C13H13NO4S. The van der Waals surface area contributed by atoms with Gasteiger partial charge in [-0.1, -0.05) is 0 Å². The molecule has 1 saturated heterocycles. The molecule has 1 aliphatic rings. The fraction of sp³-hybridized carbons (Fsp3) is 0.385. The first-order valence-electron chi connectivity index (χ1n) is 6.10. The molecule has 1 atom stereocenters. The second-order valence-corrected chi connectivity index (χ2v) is 5.41. The van der Waals surface area contributed by atoms with Crippen LogP contribution in [0.1, 0.15) is 28.2 Å². The fourth-order valence-electron chi connectivity index (χ4n) is 2.10. The first-order valence-corrected chi connectivity index (χ1v) is 6.98. The summed E-state index contributed by atoms with van der Waals surface area (Å²) < 4.78 is 10.8. The van der Waals surface area contributed by atoms with E-state index >= 15 is 0 Å². The van der Waals surface area contributed by atoms with Gasteiger partial charge in [0.05, 0.1) is 16.7 Å².